The molecule has 0 unspecified atom stereocenters. The topological polar surface area (TPSA) is 43.6 Å². The summed E-state index contributed by atoms with van der Waals surface area (Å²) >= 11 is 5.55. The summed E-state index contributed by atoms with van der Waals surface area (Å²) in [5.41, 5.74) is -0.917. The van der Waals surface area contributed by atoms with Gasteiger partial charge in [-0.1, -0.05) is 0 Å². The molecule has 0 aromatic carbocycles. The zero-order valence-electron chi connectivity index (χ0n) is 8.53. The molecule has 0 N–H and O–H groups in total. The molecule has 0 saturated heterocycles. The van der Waals surface area contributed by atoms with Gasteiger partial charge in [0.05, 0.1) is 11.3 Å². The Morgan fingerprint density at radius 2 is 2.06 bits per heavy atom. The lowest BCUT2D eigenvalue weighted by Crippen LogP contribution is -2.05. The summed E-state index contributed by atoms with van der Waals surface area (Å²) < 4.78 is 38.7. The minimum Gasteiger partial charge on any atom is -0.226 e. The van der Waals surface area contributed by atoms with Crippen LogP contribution in [-0.2, 0) is 6.18 Å². The minimum absolute atomic E-state index is 0.0517. The van der Waals surface area contributed by atoms with E-state index >= 15 is 0 Å². The van der Waals surface area contributed by atoms with Crippen LogP contribution >= 0.6 is 11.6 Å². The van der Waals surface area contributed by atoms with Crippen LogP contribution in [0.15, 0.2) is 18.5 Å². The molecule has 90 valence electrons. The molecule has 4 nitrogen and oxygen atoms in total. The number of hydrogen-bond acceptors (Lipinski definition) is 3. The second-order valence-corrected chi connectivity index (χ2v) is 3.59. The van der Waals surface area contributed by atoms with Crippen LogP contribution in [0.4, 0.5) is 13.2 Å². The largest absolute Gasteiger partial charge is 0.419 e. The first-order valence-electron chi connectivity index (χ1n) is 4.50. The monoisotopic (exact) mass is 262 g/mol. The number of hydrogen-bond donors (Lipinski definition) is 0. The van der Waals surface area contributed by atoms with Crippen LogP contribution in [-0.4, -0.2) is 19.7 Å². The van der Waals surface area contributed by atoms with E-state index in [1.807, 2.05) is 0 Å². The van der Waals surface area contributed by atoms with E-state index in [1.54, 1.807) is 0 Å². The lowest BCUT2D eigenvalue weighted by atomic mass is 10.2. The number of aryl methyl sites for hydroxylation is 1. The number of halogens is 4. The van der Waals surface area contributed by atoms with Gasteiger partial charge >= 0.3 is 6.18 Å². The van der Waals surface area contributed by atoms with Gasteiger partial charge in [-0.15, -0.1) is 0 Å². The number of aromatic nitrogens is 4. The Bertz CT molecular complexity index is 549. The van der Waals surface area contributed by atoms with Gasteiger partial charge in [-0.2, -0.15) is 23.3 Å². The van der Waals surface area contributed by atoms with Gasteiger partial charge in [0.25, 0.3) is 0 Å². The summed E-state index contributed by atoms with van der Waals surface area (Å²) in [6.45, 7) is 1.28. The van der Waals surface area contributed by atoms with E-state index < -0.39 is 11.7 Å². The third kappa shape index (κ3) is 2.38. The molecule has 2 rings (SSSR count). The molecule has 0 aliphatic carbocycles. The molecule has 0 spiro atoms. The smallest absolute Gasteiger partial charge is 0.226 e. The first-order valence-corrected chi connectivity index (χ1v) is 4.88. The Labute approximate surface area is 99.1 Å². The van der Waals surface area contributed by atoms with Gasteiger partial charge in [0.1, 0.15) is 0 Å². The van der Waals surface area contributed by atoms with Crippen LogP contribution in [0.5, 0.6) is 0 Å². The minimum atomic E-state index is -4.43. The van der Waals surface area contributed by atoms with Crippen molar-refractivity contribution in [3.05, 3.63) is 35.0 Å². The van der Waals surface area contributed by atoms with E-state index in [2.05, 4.69) is 15.1 Å². The average molecular weight is 263 g/mol. The summed E-state index contributed by atoms with van der Waals surface area (Å²) in [6, 6.07) is 1.42. The Hall–Kier alpha value is -1.63. The van der Waals surface area contributed by atoms with Gasteiger partial charge in [-0.25, -0.2) is 9.67 Å². The van der Waals surface area contributed by atoms with Crippen molar-refractivity contribution in [1.82, 2.24) is 19.7 Å². The van der Waals surface area contributed by atoms with Gasteiger partial charge in [0, 0.05) is 18.5 Å². The molecule has 2 aromatic heterocycles. The fourth-order valence-electron chi connectivity index (χ4n) is 1.31. The molecule has 8 heteroatoms. The highest BCUT2D eigenvalue weighted by Gasteiger charge is 2.34. The third-order valence-electron chi connectivity index (χ3n) is 2.05. The van der Waals surface area contributed by atoms with Crippen LogP contribution in [0, 0.1) is 6.92 Å². The second-order valence-electron chi connectivity index (χ2n) is 3.25. The van der Waals surface area contributed by atoms with Gasteiger partial charge in [0.15, 0.2) is 5.82 Å². The Balaban J connectivity index is 2.49. The van der Waals surface area contributed by atoms with E-state index in [9.17, 15) is 13.2 Å². The zero-order chi connectivity index (χ0) is 12.6. The molecule has 17 heavy (non-hydrogen) atoms. The van der Waals surface area contributed by atoms with Crippen LogP contribution in [0.2, 0.25) is 5.28 Å². The van der Waals surface area contributed by atoms with Crippen molar-refractivity contribution in [2.24, 2.45) is 0 Å². The van der Waals surface area contributed by atoms with Crippen molar-refractivity contribution in [1.29, 1.82) is 0 Å². The fraction of sp³-hybridized carbons (Fsp3) is 0.222. The van der Waals surface area contributed by atoms with Crippen LogP contribution in [0.1, 0.15) is 11.3 Å². The van der Waals surface area contributed by atoms with E-state index in [-0.39, 0.29) is 16.8 Å². The first kappa shape index (κ1) is 11.8. The maximum absolute atomic E-state index is 12.5. The van der Waals surface area contributed by atoms with E-state index in [4.69, 9.17) is 11.6 Å². The molecule has 2 heterocycles. The van der Waals surface area contributed by atoms with Crippen molar-refractivity contribution in [2.75, 3.05) is 0 Å². The molecule has 0 amide bonds. The summed E-state index contributed by atoms with van der Waals surface area (Å²) in [4.78, 5) is 7.40. The summed E-state index contributed by atoms with van der Waals surface area (Å²) in [7, 11) is 0. The molecule has 0 radical (unpaired) electrons. The number of rotatable bonds is 1. The van der Waals surface area contributed by atoms with Crippen molar-refractivity contribution in [3.63, 3.8) is 0 Å². The molecule has 0 saturated carbocycles. The highest BCUT2D eigenvalue weighted by molar-refractivity contribution is 6.28. The summed E-state index contributed by atoms with van der Waals surface area (Å²) in [5, 5.41) is 3.68. The predicted octanol–water partition coefficient (Wildman–Crippen LogP) is 2.64. The van der Waals surface area contributed by atoms with Crippen molar-refractivity contribution >= 4 is 11.6 Å². The zero-order valence-corrected chi connectivity index (χ0v) is 9.29. The van der Waals surface area contributed by atoms with Gasteiger partial charge in [-0.05, 0) is 18.5 Å². The van der Waals surface area contributed by atoms with Crippen molar-refractivity contribution in [2.45, 2.75) is 13.1 Å². The van der Waals surface area contributed by atoms with Gasteiger partial charge in [-0.3, -0.25) is 0 Å². The van der Waals surface area contributed by atoms with Gasteiger partial charge in [0.2, 0.25) is 5.28 Å². The second kappa shape index (κ2) is 3.99. The SMILES string of the molecule is Cc1nn(-c2ccnc(Cl)n2)cc1C(F)(F)F. The number of nitrogens with zero attached hydrogens (tertiary/aromatic N) is 4. The molecular formula is C9H6ClF3N4. The van der Waals surface area contributed by atoms with Crippen LogP contribution in [0.3, 0.4) is 0 Å². The molecular weight excluding hydrogens is 257 g/mol. The fourth-order valence-corrected chi connectivity index (χ4v) is 1.45. The maximum atomic E-state index is 12.5. The normalized spacial score (nSPS) is 11.8. The molecule has 0 fully saturated rings. The molecule has 2 aromatic rings. The van der Waals surface area contributed by atoms with Crippen LogP contribution in [0.25, 0.3) is 5.82 Å². The quantitative estimate of drug-likeness (QED) is 0.742. The lowest BCUT2D eigenvalue weighted by molar-refractivity contribution is -0.138. The average Bonchev–Trinajstić information content (AvgIpc) is 2.60. The molecule has 0 aliphatic heterocycles. The van der Waals surface area contributed by atoms with Crippen LogP contribution < -0.4 is 0 Å². The number of alkyl halides is 3. The molecule has 0 atom stereocenters. The van der Waals surface area contributed by atoms with E-state index in [0.717, 1.165) is 10.9 Å². The predicted molar refractivity (Wildman–Crippen MR) is 53.9 cm³/mol. The van der Waals surface area contributed by atoms with E-state index in [1.165, 1.54) is 19.2 Å². The summed E-state index contributed by atoms with van der Waals surface area (Å²) in [6.07, 6.45) is -2.22. The first-order chi connectivity index (χ1) is 7.88. The maximum Gasteiger partial charge on any atom is 0.419 e. The van der Waals surface area contributed by atoms with Crippen molar-refractivity contribution in [3.8, 4) is 5.82 Å². The van der Waals surface area contributed by atoms with E-state index in [0.29, 0.717) is 0 Å². The standard InChI is InChI=1S/C9H6ClF3N4/c1-5-6(9(11,12)13)4-17(16-5)7-2-3-14-8(10)15-7/h2-4H,1H3. The lowest BCUT2D eigenvalue weighted by Gasteiger charge is -2.02. The van der Waals surface area contributed by atoms with Gasteiger partial charge < -0.3 is 0 Å². The Morgan fingerprint density at radius 3 is 2.59 bits per heavy atom. The molecule has 0 bridgehead atoms. The Morgan fingerprint density at radius 1 is 1.35 bits per heavy atom. The highest BCUT2D eigenvalue weighted by Crippen LogP contribution is 2.31. The Kier molecular flexibility index (Phi) is 2.78. The van der Waals surface area contributed by atoms with Crippen molar-refractivity contribution < 1.29 is 13.2 Å². The summed E-state index contributed by atoms with van der Waals surface area (Å²) in [5.74, 6) is 0.184. The third-order valence-corrected chi connectivity index (χ3v) is 2.23. The highest BCUT2D eigenvalue weighted by atomic mass is 35.5. The molecule has 0 aliphatic rings.